The first kappa shape index (κ1) is 17.9. The predicted octanol–water partition coefficient (Wildman–Crippen LogP) is 1.11. The summed E-state index contributed by atoms with van der Waals surface area (Å²) in [6.07, 6.45) is -5.71. The van der Waals surface area contributed by atoms with Crippen LogP contribution in [0.25, 0.3) is 0 Å². The van der Waals surface area contributed by atoms with Gasteiger partial charge >= 0.3 is 6.18 Å². The fourth-order valence-corrected chi connectivity index (χ4v) is 3.75. The first-order valence-electron chi connectivity index (χ1n) is 6.22. The summed E-state index contributed by atoms with van der Waals surface area (Å²) in [5, 5.41) is 12.8. The standard InChI is InChI=1S/C11H18F3N3O3S/c1-7(6-11(12,13)14)16-21(19,20)10-8(2)15-17(4-5-18)9(10)3/h7,16,18H,4-6H2,1-3H3. The minimum absolute atomic E-state index is 0.111. The number of nitrogens with zero attached hydrogens (tertiary/aromatic N) is 2. The molecule has 10 heteroatoms. The van der Waals surface area contributed by atoms with E-state index in [1.54, 1.807) is 0 Å². The molecule has 1 aromatic heterocycles. The molecule has 1 heterocycles. The smallest absolute Gasteiger partial charge is 0.390 e. The highest BCUT2D eigenvalue weighted by Gasteiger charge is 2.33. The summed E-state index contributed by atoms with van der Waals surface area (Å²) in [6.45, 7) is 3.97. The molecule has 1 aromatic rings. The second-order valence-electron chi connectivity index (χ2n) is 4.79. The number of aliphatic hydroxyl groups is 1. The molecule has 0 saturated heterocycles. The Labute approximate surface area is 121 Å². The van der Waals surface area contributed by atoms with Gasteiger partial charge in [-0.25, -0.2) is 13.1 Å². The van der Waals surface area contributed by atoms with E-state index in [0.717, 1.165) is 6.92 Å². The molecule has 0 spiro atoms. The second-order valence-corrected chi connectivity index (χ2v) is 6.44. The Morgan fingerprint density at radius 2 is 1.95 bits per heavy atom. The highest BCUT2D eigenvalue weighted by Crippen LogP contribution is 2.24. The molecule has 1 atom stereocenters. The topological polar surface area (TPSA) is 84.2 Å². The Balaban J connectivity index is 3.03. The molecule has 1 unspecified atom stereocenters. The molecular weight excluding hydrogens is 311 g/mol. The van der Waals surface area contributed by atoms with Gasteiger partial charge in [0.2, 0.25) is 10.0 Å². The summed E-state index contributed by atoms with van der Waals surface area (Å²) in [7, 11) is -4.11. The normalized spacial score (nSPS) is 14.4. The number of rotatable bonds is 6. The van der Waals surface area contributed by atoms with Crippen LogP contribution in [-0.2, 0) is 16.6 Å². The van der Waals surface area contributed by atoms with Crippen molar-refractivity contribution in [2.45, 2.75) is 50.9 Å². The fourth-order valence-electron chi connectivity index (χ4n) is 2.09. The molecule has 0 aliphatic heterocycles. The van der Waals surface area contributed by atoms with Gasteiger partial charge < -0.3 is 5.11 Å². The maximum atomic E-state index is 12.3. The van der Waals surface area contributed by atoms with E-state index in [9.17, 15) is 21.6 Å². The average molecular weight is 329 g/mol. The van der Waals surface area contributed by atoms with Crippen molar-refractivity contribution in [2.24, 2.45) is 0 Å². The van der Waals surface area contributed by atoms with Gasteiger partial charge in [-0.1, -0.05) is 0 Å². The molecule has 0 aromatic carbocycles. The number of alkyl halides is 3. The number of aromatic nitrogens is 2. The summed E-state index contributed by atoms with van der Waals surface area (Å²) >= 11 is 0. The van der Waals surface area contributed by atoms with E-state index in [1.165, 1.54) is 18.5 Å². The molecular formula is C11H18F3N3O3S. The molecule has 122 valence electrons. The van der Waals surface area contributed by atoms with E-state index >= 15 is 0 Å². The van der Waals surface area contributed by atoms with Gasteiger partial charge in [0, 0.05) is 6.04 Å². The Bertz CT molecular complexity index is 596. The lowest BCUT2D eigenvalue weighted by Gasteiger charge is -2.16. The van der Waals surface area contributed by atoms with E-state index in [-0.39, 0.29) is 29.4 Å². The van der Waals surface area contributed by atoms with Gasteiger partial charge in [0.15, 0.2) is 0 Å². The van der Waals surface area contributed by atoms with E-state index < -0.39 is 28.7 Å². The number of aliphatic hydroxyl groups excluding tert-OH is 1. The molecule has 0 aliphatic carbocycles. The molecule has 0 aliphatic rings. The van der Waals surface area contributed by atoms with Crippen LogP contribution in [0.15, 0.2) is 4.90 Å². The van der Waals surface area contributed by atoms with Gasteiger partial charge in [0.05, 0.1) is 31.0 Å². The van der Waals surface area contributed by atoms with Gasteiger partial charge in [0.1, 0.15) is 4.90 Å². The quantitative estimate of drug-likeness (QED) is 0.819. The first-order chi connectivity index (χ1) is 9.48. The van der Waals surface area contributed by atoms with Crippen LogP contribution in [0.1, 0.15) is 24.7 Å². The molecule has 0 fully saturated rings. The minimum Gasteiger partial charge on any atom is -0.394 e. The van der Waals surface area contributed by atoms with E-state index in [2.05, 4.69) is 5.10 Å². The summed E-state index contributed by atoms with van der Waals surface area (Å²) < 4.78 is 64.5. The van der Waals surface area contributed by atoms with E-state index in [4.69, 9.17) is 5.11 Å². The number of aryl methyl sites for hydroxylation is 1. The second kappa shape index (κ2) is 6.32. The first-order valence-corrected chi connectivity index (χ1v) is 7.70. The zero-order valence-electron chi connectivity index (χ0n) is 11.9. The van der Waals surface area contributed by atoms with Gasteiger partial charge in [-0.15, -0.1) is 0 Å². The van der Waals surface area contributed by atoms with E-state index in [0.29, 0.717) is 0 Å². The van der Waals surface area contributed by atoms with Crippen LogP contribution in [-0.4, -0.2) is 42.1 Å². The number of nitrogens with one attached hydrogen (secondary N) is 1. The molecule has 0 bridgehead atoms. The molecule has 0 saturated carbocycles. The van der Waals surface area contributed by atoms with Crippen LogP contribution < -0.4 is 4.72 Å². The monoisotopic (exact) mass is 329 g/mol. The summed E-state index contributed by atoms with van der Waals surface area (Å²) in [6, 6.07) is -1.28. The Kier molecular flexibility index (Phi) is 5.40. The van der Waals surface area contributed by atoms with Crippen molar-refractivity contribution in [2.75, 3.05) is 6.61 Å². The third-order valence-electron chi connectivity index (χ3n) is 2.79. The van der Waals surface area contributed by atoms with Crippen LogP contribution in [0, 0.1) is 13.8 Å². The van der Waals surface area contributed by atoms with Crippen LogP contribution in [0.5, 0.6) is 0 Å². The van der Waals surface area contributed by atoms with Crippen molar-refractivity contribution in [1.82, 2.24) is 14.5 Å². The maximum Gasteiger partial charge on any atom is 0.390 e. The SMILES string of the molecule is Cc1nn(CCO)c(C)c1S(=O)(=O)NC(C)CC(F)(F)F. The summed E-state index contributed by atoms with van der Waals surface area (Å²) in [4.78, 5) is -0.148. The lowest BCUT2D eigenvalue weighted by Crippen LogP contribution is -2.36. The Morgan fingerprint density at radius 1 is 1.38 bits per heavy atom. The van der Waals surface area contributed by atoms with Crippen molar-refractivity contribution in [3.63, 3.8) is 0 Å². The van der Waals surface area contributed by atoms with Crippen LogP contribution in [0.4, 0.5) is 13.2 Å². The lowest BCUT2D eigenvalue weighted by molar-refractivity contribution is -0.137. The molecule has 6 nitrogen and oxygen atoms in total. The maximum absolute atomic E-state index is 12.3. The third kappa shape index (κ3) is 4.68. The van der Waals surface area contributed by atoms with Gasteiger partial charge in [0.25, 0.3) is 0 Å². The van der Waals surface area contributed by atoms with Crippen LogP contribution in [0.3, 0.4) is 0 Å². The summed E-state index contributed by atoms with van der Waals surface area (Å²) in [5.74, 6) is 0. The molecule has 2 N–H and O–H groups in total. The van der Waals surface area contributed by atoms with Crippen LogP contribution >= 0.6 is 0 Å². The zero-order valence-corrected chi connectivity index (χ0v) is 12.7. The van der Waals surface area contributed by atoms with Crippen molar-refractivity contribution < 1.29 is 26.7 Å². The predicted molar refractivity (Wildman–Crippen MR) is 69.2 cm³/mol. The molecule has 1 rings (SSSR count). The highest BCUT2D eigenvalue weighted by atomic mass is 32.2. The Hall–Kier alpha value is -1.13. The average Bonchev–Trinajstić information content (AvgIpc) is 2.50. The highest BCUT2D eigenvalue weighted by molar-refractivity contribution is 7.89. The largest absolute Gasteiger partial charge is 0.394 e. The van der Waals surface area contributed by atoms with Crippen LogP contribution in [0.2, 0.25) is 0 Å². The zero-order chi connectivity index (χ0) is 16.4. The van der Waals surface area contributed by atoms with Gasteiger partial charge in [-0.05, 0) is 20.8 Å². The molecule has 21 heavy (non-hydrogen) atoms. The number of hydrogen-bond donors (Lipinski definition) is 2. The van der Waals surface area contributed by atoms with Gasteiger partial charge in [-0.2, -0.15) is 18.3 Å². The lowest BCUT2D eigenvalue weighted by atomic mass is 10.2. The number of sulfonamides is 1. The van der Waals surface area contributed by atoms with E-state index in [1.807, 2.05) is 4.72 Å². The molecule has 0 radical (unpaired) electrons. The van der Waals surface area contributed by atoms with Gasteiger partial charge in [-0.3, -0.25) is 4.68 Å². The third-order valence-corrected chi connectivity index (χ3v) is 4.63. The van der Waals surface area contributed by atoms with Crippen molar-refractivity contribution in [1.29, 1.82) is 0 Å². The number of halogens is 3. The minimum atomic E-state index is -4.45. The fraction of sp³-hybridized carbons (Fsp3) is 0.727. The molecule has 0 amide bonds. The Morgan fingerprint density at radius 3 is 2.43 bits per heavy atom. The van der Waals surface area contributed by atoms with Crippen molar-refractivity contribution in [3.8, 4) is 0 Å². The number of hydrogen-bond acceptors (Lipinski definition) is 4. The van der Waals surface area contributed by atoms with Crippen molar-refractivity contribution in [3.05, 3.63) is 11.4 Å². The summed E-state index contributed by atoms with van der Waals surface area (Å²) in [5.41, 5.74) is 0.445. The van der Waals surface area contributed by atoms with Crippen molar-refractivity contribution >= 4 is 10.0 Å².